The van der Waals surface area contributed by atoms with Gasteiger partial charge >= 0.3 is 6.03 Å². The maximum Gasteiger partial charge on any atom is 0.312 e. The highest BCUT2D eigenvalue weighted by Gasteiger charge is 2.00. The standard InChI is InChI=1S/C13H16N4O/c14-13(18)17-8-7-15-9-10-5-6-16-12-4-2-1-3-11(10)12/h1-6,15H,7-9H2,(H3,14,17,18). The predicted octanol–water partition coefficient (Wildman–Crippen LogP) is 0.993. The predicted molar refractivity (Wildman–Crippen MR) is 71.0 cm³/mol. The number of nitrogens with zero attached hydrogens (tertiary/aromatic N) is 1. The van der Waals surface area contributed by atoms with Crippen LogP contribution in [0.15, 0.2) is 36.5 Å². The molecule has 0 aliphatic heterocycles. The number of aromatic nitrogens is 1. The summed E-state index contributed by atoms with van der Waals surface area (Å²) >= 11 is 0. The molecule has 0 spiro atoms. The van der Waals surface area contributed by atoms with E-state index in [4.69, 9.17) is 5.73 Å². The minimum atomic E-state index is -0.494. The van der Waals surface area contributed by atoms with Gasteiger partial charge in [-0.2, -0.15) is 0 Å². The average Bonchev–Trinajstić information content (AvgIpc) is 2.38. The van der Waals surface area contributed by atoms with Gasteiger partial charge in [-0.05, 0) is 17.7 Å². The molecule has 5 nitrogen and oxygen atoms in total. The molecule has 1 aromatic carbocycles. The smallest absolute Gasteiger partial charge is 0.312 e. The van der Waals surface area contributed by atoms with Crippen LogP contribution < -0.4 is 16.4 Å². The van der Waals surface area contributed by atoms with Gasteiger partial charge in [0.2, 0.25) is 0 Å². The Bertz CT molecular complexity index is 536. The molecule has 0 aliphatic rings. The second-order valence-corrected chi connectivity index (χ2v) is 3.96. The molecule has 0 bridgehead atoms. The number of carbonyl (C=O) groups is 1. The molecule has 18 heavy (non-hydrogen) atoms. The van der Waals surface area contributed by atoms with E-state index in [0.717, 1.165) is 17.4 Å². The Morgan fingerprint density at radius 1 is 1.22 bits per heavy atom. The number of hydrogen-bond acceptors (Lipinski definition) is 3. The fraction of sp³-hybridized carbons (Fsp3) is 0.231. The average molecular weight is 244 g/mol. The summed E-state index contributed by atoms with van der Waals surface area (Å²) in [7, 11) is 0. The SMILES string of the molecule is NC(=O)NCCNCc1ccnc2ccccc12. The lowest BCUT2D eigenvalue weighted by Gasteiger charge is -2.07. The lowest BCUT2D eigenvalue weighted by atomic mass is 10.1. The number of carbonyl (C=O) groups excluding carboxylic acids is 1. The van der Waals surface area contributed by atoms with Gasteiger partial charge in [0, 0.05) is 31.2 Å². The highest BCUT2D eigenvalue weighted by molar-refractivity contribution is 5.81. The summed E-state index contributed by atoms with van der Waals surface area (Å²) in [6.45, 7) is 1.95. The number of fused-ring (bicyclic) bond motifs is 1. The van der Waals surface area contributed by atoms with Gasteiger partial charge in [-0.1, -0.05) is 18.2 Å². The third-order valence-electron chi connectivity index (χ3n) is 2.66. The summed E-state index contributed by atoms with van der Waals surface area (Å²) < 4.78 is 0. The van der Waals surface area contributed by atoms with Crippen LogP contribution in [0.2, 0.25) is 0 Å². The van der Waals surface area contributed by atoms with Crippen molar-refractivity contribution in [1.82, 2.24) is 15.6 Å². The third-order valence-corrected chi connectivity index (χ3v) is 2.66. The van der Waals surface area contributed by atoms with Crippen molar-refractivity contribution in [3.63, 3.8) is 0 Å². The number of urea groups is 1. The van der Waals surface area contributed by atoms with Crippen molar-refractivity contribution < 1.29 is 4.79 Å². The van der Waals surface area contributed by atoms with E-state index in [9.17, 15) is 4.79 Å². The Labute approximate surface area is 105 Å². The Morgan fingerprint density at radius 3 is 2.89 bits per heavy atom. The summed E-state index contributed by atoms with van der Waals surface area (Å²) in [6, 6.07) is 9.53. The van der Waals surface area contributed by atoms with E-state index in [0.29, 0.717) is 13.1 Å². The van der Waals surface area contributed by atoms with E-state index in [1.807, 2.05) is 24.3 Å². The van der Waals surface area contributed by atoms with Crippen molar-refractivity contribution in [2.24, 2.45) is 5.73 Å². The molecular formula is C13H16N4O. The zero-order valence-corrected chi connectivity index (χ0v) is 10.0. The van der Waals surface area contributed by atoms with Crippen molar-refractivity contribution in [2.75, 3.05) is 13.1 Å². The first kappa shape index (κ1) is 12.3. The second kappa shape index (κ2) is 5.97. The molecule has 1 aromatic heterocycles. The largest absolute Gasteiger partial charge is 0.352 e. The molecule has 0 aliphatic carbocycles. The quantitative estimate of drug-likeness (QED) is 0.686. The van der Waals surface area contributed by atoms with Gasteiger partial charge in [0.05, 0.1) is 5.52 Å². The number of primary amides is 1. The Kier molecular flexibility index (Phi) is 4.09. The highest BCUT2D eigenvalue weighted by Crippen LogP contribution is 2.15. The van der Waals surface area contributed by atoms with Crippen molar-refractivity contribution in [2.45, 2.75) is 6.54 Å². The van der Waals surface area contributed by atoms with E-state index < -0.39 is 6.03 Å². The lowest BCUT2D eigenvalue weighted by Crippen LogP contribution is -2.35. The summed E-state index contributed by atoms with van der Waals surface area (Å²) in [4.78, 5) is 14.8. The van der Waals surface area contributed by atoms with E-state index in [1.165, 1.54) is 5.56 Å². The number of nitrogens with one attached hydrogen (secondary N) is 2. The fourth-order valence-electron chi connectivity index (χ4n) is 1.81. The first-order chi connectivity index (χ1) is 8.77. The minimum absolute atomic E-state index is 0.494. The molecule has 0 unspecified atom stereocenters. The summed E-state index contributed by atoms with van der Waals surface area (Å²) in [5.74, 6) is 0. The number of nitrogens with two attached hydrogens (primary N) is 1. The van der Waals surface area contributed by atoms with Gasteiger partial charge in [0.15, 0.2) is 0 Å². The molecule has 0 saturated heterocycles. The molecule has 0 atom stereocenters. The molecular weight excluding hydrogens is 228 g/mol. The van der Waals surface area contributed by atoms with Crippen LogP contribution in [0.1, 0.15) is 5.56 Å². The van der Waals surface area contributed by atoms with Crippen LogP contribution in [0.5, 0.6) is 0 Å². The molecule has 0 fully saturated rings. The molecule has 2 rings (SSSR count). The number of rotatable bonds is 5. The van der Waals surface area contributed by atoms with Crippen LogP contribution in [-0.4, -0.2) is 24.1 Å². The van der Waals surface area contributed by atoms with E-state index >= 15 is 0 Å². The zero-order valence-electron chi connectivity index (χ0n) is 10.0. The first-order valence-corrected chi connectivity index (χ1v) is 5.84. The topological polar surface area (TPSA) is 80.0 Å². The second-order valence-electron chi connectivity index (χ2n) is 3.96. The maximum absolute atomic E-state index is 10.5. The molecule has 0 saturated carbocycles. The van der Waals surface area contributed by atoms with E-state index in [1.54, 1.807) is 6.20 Å². The molecule has 5 heteroatoms. The summed E-state index contributed by atoms with van der Waals surface area (Å²) in [5.41, 5.74) is 7.16. The zero-order chi connectivity index (χ0) is 12.8. The Hall–Kier alpha value is -2.14. The van der Waals surface area contributed by atoms with Crippen molar-refractivity contribution in [3.8, 4) is 0 Å². The number of benzene rings is 1. The van der Waals surface area contributed by atoms with E-state index in [2.05, 4.69) is 21.7 Å². The monoisotopic (exact) mass is 244 g/mol. The first-order valence-electron chi connectivity index (χ1n) is 5.84. The molecule has 94 valence electrons. The van der Waals surface area contributed by atoms with Gasteiger partial charge in [-0.15, -0.1) is 0 Å². The van der Waals surface area contributed by atoms with Crippen molar-refractivity contribution in [3.05, 3.63) is 42.1 Å². The van der Waals surface area contributed by atoms with Crippen LogP contribution in [0, 0.1) is 0 Å². The van der Waals surface area contributed by atoms with Crippen molar-refractivity contribution in [1.29, 1.82) is 0 Å². The number of hydrogen-bond donors (Lipinski definition) is 3. The number of amides is 2. The van der Waals surface area contributed by atoms with E-state index in [-0.39, 0.29) is 0 Å². The van der Waals surface area contributed by atoms with Gasteiger partial charge < -0.3 is 16.4 Å². The normalized spacial score (nSPS) is 10.4. The van der Waals surface area contributed by atoms with Gasteiger partial charge in [0.1, 0.15) is 0 Å². The fourth-order valence-corrected chi connectivity index (χ4v) is 1.81. The van der Waals surface area contributed by atoms with Crippen LogP contribution >= 0.6 is 0 Å². The van der Waals surface area contributed by atoms with Crippen LogP contribution in [0.25, 0.3) is 10.9 Å². The number of para-hydroxylation sites is 1. The van der Waals surface area contributed by atoms with Gasteiger partial charge in [0.25, 0.3) is 0 Å². The van der Waals surface area contributed by atoms with Crippen molar-refractivity contribution >= 4 is 16.9 Å². The number of pyridine rings is 1. The minimum Gasteiger partial charge on any atom is -0.352 e. The third kappa shape index (κ3) is 3.18. The molecule has 2 amide bonds. The lowest BCUT2D eigenvalue weighted by molar-refractivity contribution is 0.249. The summed E-state index contributed by atoms with van der Waals surface area (Å²) in [5, 5.41) is 6.93. The van der Waals surface area contributed by atoms with Gasteiger partial charge in [-0.25, -0.2) is 4.79 Å². The Morgan fingerprint density at radius 2 is 2.06 bits per heavy atom. The van der Waals surface area contributed by atoms with Crippen LogP contribution in [0.4, 0.5) is 4.79 Å². The molecule has 2 aromatic rings. The highest BCUT2D eigenvalue weighted by atomic mass is 16.2. The molecule has 4 N–H and O–H groups in total. The Balaban J connectivity index is 1.93. The summed E-state index contributed by atoms with van der Waals surface area (Å²) in [6.07, 6.45) is 1.81. The maximum atomic E-state index is 10.5. The van der Waals surface area contributed by atoms with Gasteiger partial charge in [-0.3, -0.25) is 4.98 Å². The molecule has 0 radical (unpaired) electrons. The van der Waals surface area contributed by atoms with Crippen LogP contribution in [0.3, 0.4) is 0 Å². The van der Waals surface area contributed by atoms with Crippen LogP contribution in [-0.2, 0) is 6.54 Å². The molecule has 1 heterocycles.